The van der Waals surface area contributed by atoms with E-state index in [2.05, 4.69) is 5.32 Å². The van der Waals surface area contributed by atoms with E-state index in [-0.39, 0.29) is 11.8 Å². The molecule has 1 fully saturated rings. The molecule has 0 aliphatic carbocycles. The zero-order chi connectivity index (χ0) is 20.4. The second-order valence-electron chi connectivity index (χ2n) is 7.43. The van der Waals surface area contributed by atoms with Crippen LogP contribution in [0.4, 0.5) is 5.69 Å². The highest BCUT2D eigenvalue weighted by atomic mass is 16.3. The minimum Gasteiger partial charge on any atom is -0.391 e. The molecule has 1 unspecified atom stereocenters. The van der Waals surface area contributed by atoms with Gasteiger partial charge in [0.25, 0.3) is 11.8 Å². The maximum absolute atomic E-state index is 12.9. The average Bonchev–Trinajstić information content (AvgIpc) is 3.12. The Morgan fingerprint density at radius 3 is 2.79 bits per heavy atom. The van der Waals surface area contributed by atoms with Gasteiger partial charge in [0, 0.05) is 48.0 Å². The molecule has 4 rings (SSSR count). The number of nitrogens with one attached hydrogen (secondary N) is 1. The summed E-state index contributed by atoms with van der Waals surface area (Å²) < 4.78 is 2.05. The summed E-state index contributed by atoms with van der Waals surface area (Å²) in [5.41, 5.74) is 2.71. The van der Waals surface area contributed by atoms with Crippen molar-refractivity contribution in [3.63, 3.8) is 0 Å². The van der Waals surface area contributed by atoms with Crippen LogP contribution in [-0.2, 0) is 6.54 Å². The number of aliphatic hydroxyl groups is 1. The zero-order valence-electron chi connectivity index (χ0n) is 16.5. The van der Waals surface area contributed by atoms with Gasteiger partial charge in [-0.25, -0.2) is 0 Å². The summed E-state index contributed by atoms with van der Waals surface area (Å²) in [4.78, 5) is 27.4. The number of likely N-dealkylation sites (tertiary alicyclic amines) is 1. The minimum atomic E-state index is -0.466. The number of rotatable bonds is 4. The van der Waals surface area contributed by atoms with Gasteiger partial charge in [-0.2, -0.15) is 0 Å². The molecular formula is C23H25N3O3. The van der Waals surface area contributed by atoms with Crippen molar-refractivity contribution >= 4 is 28.4 Å². The number of anilines is 1. The van der Waals surface area contributed by atoms with E-state index in [1.807, 2.05) is 42.0 Å². The second-order valence-corrected chi connectivity index (χ2v) is 7.43. The van der Waals surface area contributed by atoms with Crippen molar-refractivity contribution in [2.24, 2.45) is 0 Å². The lowest BCUT2D eigenvalue weighted by Crippen LogP contribution is -2.42. The number of benzene rings is 2. The SMILES string of the molecule is CCn1cc(C(=O)Nc2cccc(C(=O)N3CCCC(O)C3)c2)c2ccccc21. The Morgan fingerprint density at radius 1 is 1.17 bits per heavy atom. The van der Waals surface area contributed by atoms with Crippen LogP contribution in [0, 0.1) is 0 Å². The monoisotopic (exact) mass is 391 g/mol. The molecule has 2 N–H and O–H groups in total. The third kappa shape index (κ3) is 3.89. The summed E-state index contributed by atoms with van der Waals surface area (Å²) in [6, 6.07) is 14.8. The first-order chi connectivity index (χ1) is 14.1. The van der Waals surface area contributed by atoms with E-state index in [0.29, 0.717) is 29.9 Å². The Morgan fingerprint density at radius 2 is 2.00 bits per heavy atom. The van der Waals surface area contributed by atoms with Gasteiger partial charge in [-0.15, -0.1) is 0 Å². The average molecular weight is 391 g/mol. The van der Waals surface area contributed by atoms with Crippen LogP contribution in [0.15, 0.2) is 54.7 Å². The van der Waals surface area contributed by atoms with E-state index in [9.17, 15) is 14.7 Å². The first-order valence-corrected chi connectivity index (χ1v) is 10.0. The van der Waals surface area contributed by atoms with Crippen LogP contribution < -0.4 is 5.32 Å². The van der Waals surface area contributed by atoms with Crippen molar-refractivity contribution in [3.8, 4) is 0 Å². The number of fused-ring (bicyclic) bond motifs is 1. The number of carbonyl (C=O) groups excluding carboxylic acids is 2. The number of amides is 2. The number of piperidine rings is 1. The molecule has 1 atom stereocenters. The van der Waals surface area contributed by atoms with Gasteiger partial charge in [-0.3, -0.25) is 9.59 Å². The molecule has 1 saturated heterocycles. The highest BCUT2D eigenvalue weighted by molar-refractivity contribution is 6.13. The summed E-state index contributed by atoms with van der Waals surface area (Å²) in [5, 5.41) is 13.7. The Bertz CT molecular complexity index is 1060. The number of para-hydroxylation sites is 1. The van der Waals surface area contributed by atoms with Gasteiger partial charge in [-0.05, 0) is 44.0 Å². The van der Waals surface area contributed by atoms with E-state index in [4.69, 9.17) is 0 Å². The lowest BCUT2D eigenvalue weighted by atomic mass is 10.1. The molecule has 2 heterocycles. The van der Waals surface area contributed by atoms with Crippen molar-refractivity contribution in [3.05, 3.63) is 65.9 Å². The largest absolute Gasteiger partial charge is 0.391 e. The fraction of sp³-hybridized carbons (Fsp3) is 0.304. The quantitative estimate of drug-likeness (QED) is 0.715. The number of carbonyl (C=O) groups is 2. The van der Waals surface area contributed by atoms with E-state index < -0.39 is 6.10 Å². The Kier molecular flexibility index (Phi) is 5.36. The Labute approximate surface area is 169 Å². The van der Waals surface area contributed by atoms with Gasteiger partial charge in [0.05, 0.1) is 11.7 Å². The molecule has 1 aliphatic rings. The number of aromatic nitrogens is 1. The van der Waals surface area contributed by atoms with E-state index in [1.165, 1.54) is 0 Å². The van der Waals surface area contributed by atoms with Crippen LogP contribution in [-0.4, -0.2) is 45.6 Å². The number of aryl methyl sites for hydroxylation is 1. The number of nitrogens with zero attached hydrogens (tertiary/aromatic N) is 2. The summed E-state index contributed by atoms with van der Waals surface area (Å²) in [6.07, 6.45) is 2.92. The predicted octanol–water partition coefficient (Wildman–Crippen LogP) is 3.51. The first kappa shape index (κ1) is 19.2. The summed E-state index contributed by atoms with van der Waals surface area (Å²) >= 11 is 0. The predicted molar refractivity (Wildman–Crippen MR) is 113 cm³/mol. The third-order valence-corrected chi connectivity index (χ3v) is 5.43. The molecule has 0 saturated carbocycles. The fourth-order valence-electron chi connectivity index (χ4n) is 3.94. The molecule has 2 aromatic carbocycles. The fourth-order valence-corrected chi connectivity index (χ4v) is 3.94. The highest BCUT2D eigenvalue weighted by Crippen LogP contribution is 2.23. The van der Waals surface area contributed by atoms with E-state index in [0.717, 1.165) is 30.3 Å². The topological polar surface area (TPSA) is 74.6 Å². The van der Waals surface area contributed by atoms with Crippen LogP contribution in [0.2, 0.25) is 0 Å². The van der Waals surface area contributed by atoms with Crippen LogP contribution in [0.3, 0.4) is 0 Å². The molecule has 3 aromatic rings. The Balaban J connectivity index is 1.55. The maximum Gasteiger partial charge on any atom is 0.257 e. The Hall–Kier alpha value is -3.12. The molecule has 6 heteroatoms. The maximum atomic E-state index is 12.9. The normalized spacial score (nSPS) is 16.8. The summed E-state index contributed by atoms with van der Waals surface area (Å²) in [5.74, 6) is -0.325. The molecule has 6 nitrogen and oxygen atoms in total. The molecule has 2 amide bonds. The number of aliphatic hydroxyl groups excluding tert-OH is 1. The van der Waals surface area contributed by atoms with Crippen molar-refractivity contribution < 1.29 is 14.7 Å². The smallest absolute Gasteiger partial charge is 0.257 e. The van der Waals surface area contributed by atoms with E-state index >= 15 is 0 Å². The summed E-state index contributed by atoms with van der Waals surface area (Å²) in [6.45, 7) is 3.81. The van der Waals surface area contributed by atoms with Gasteiger partial charge < -0.3 is 19.9 Å². The third-order valence-electron chi connectivity index (χ3n) is 5.43. The van der Waals surface area contributed by atoms with Gasteiger partial charge in [-0.1, -0.05) is 24.3 Å². The van der Waals surface area contributed by atoms with E-state index in [1.54, 1.807) is 29.2 Å². The highest BCUT2D eigenvalue weighted by Gasteiger charge is 2.23. The van der Waals surface area contributed by atoms with Crippen molar-refractivity contribution in [1.82, 2.24) is 9.47 Å². The van der Waals surface area contributed by atoms with Crippen molar-refractivity contribution in [2.45, 2.75) is 32.4 Å². The molecule has 0 radical (unpaired) electrons. The molecule has 0 bridgehead atoms. The summed E-state index contributed by atoms with van der Waals surface area (Å²) in [7, 11) is 0. The number of hydrogen-bond acceptors (Lipinski definition) is 3. The van der Waals surface area contributed by atoms with Crippen LogP contribution in [0.25, 0.3) is 10.9 Å². The lowest BCUT2D eigenvalue weighted by molar-refractivity contribution is 0.0474. The molecule has 150 valence electrons. The molecule has 29 heavy (non-hydrogen) atoms. The second kappa shape index (κ2) is 8.09. The number of hydrogen-bond donors (Lipinski definition) is 2. The lowest BCUT2D eigenvalue weighted by Gasteiger charge is -2.30. The van der Waals surface area contributed by atoms with Gasteiger partial charge in [0.15, 0.2) is 0 Å². The number of β-amino-alcohol motifs (C(OH)–C–C–N with tert-alkyl or cyclic N) is 1. The standard InChI is InChI=1S/C23H25N3O3/c1-2-25-15-20(19-10-3-4-11-21(19)25)22(28)24-17-8-5-7-16(13-17)23(29)26-12-6-9-18(27)14-26/h3-5,7-8,10-11,13,15,18,27H,2,6,9,12,14H2,1H3,(H,24,28). The molecule has 1 aliphatic heterocycles. The van der Waals surface area contributed by atoms with Crippen LogP contribution >= 0.6 is 0 Å². The van der Waals surface area contributed by atoms with Crippen LogP contribution in [0.1, 0.15) is 40.5 Å². The molecule has 0 spiro atoms. The molecular weight excluding hydrogens is 366 g/mol. The van der Waals surface area contributed by atoms with Gasteiger partial charge in [0.2, 0.25) is 0 Å². The van der Waals surface area contributed by atoms with Gasteiger partial charge >= 0.3 is 0 Å². The molecule has 1 aromatic heterocycles. The van der Waals surface area contributed by atoms with Crippen molar-refractivity contribution in [2.75, 3.05) is 18.4 Å². The van der Waals surface area contributed by atoms with Gasteiger partial charge in [0.1, 0.15) is 0 Å². The zero-order valence-corrected chi connectivity index (χ0v) is 16.5. The minimum absolute atomic E-state index is 0.123. The van der Waals surface area contributed by atoms with Crippen molar-refractivity contribution in [1.29, 1.82) is 0 Å². The first-order valence-electron chi connectivity index (χ1n) is 10.0. The van der Waals surface area contributed by atoms with Crippen LogP contribution in [0.5, 0.6) is 0 Å².